The van der Waals surface area contributed by atoms with E-state index >= 15 is 0 Å². The molecule has 0 bridgehead atoms. The van der Waals surface area contributed by atoms with Gasteiger partial charge in [-0.1, -0.05) is 30.3 Å². The van der Waals surface area contributed by atoms with Crippen molar-refractivity contribution in [1.29, 1.82) is 0 Å². The summed E-state index contributed by atoms with van der Waals surface area (Å²) >= 11 is 0. The van der Waals surface area contributed by atoms with Crippen molar-refractivity contribution in [2.75, 3.05) is 33.4 Å². The molecule has 0 radical (unpaired) electrons. The molecule has 0 N–H and O–H groups in total. The molecule has 0 aliphatic rings. The van der Waals surface area contributed by atoms with Crippen molar-refractivity contribution in [1.82, 2.24) is 4.90 Å². The first-order chi connectivity index (χ1) is 12.1. The Morgan fingerprint density at radius 3 is 2.36 bits per heavy atom. The third-order valence-electron chi connectivity index (χ3n) is 3.68. The summed E-state index contributed by atoms with van der Waals surface area (Å²) < 4.78 is 9.91. The number of ether oxygens (including phenoxy) is 2. The molecule has 25 heavy (non-hydrogen) atoms. The molecule has 0 aromatic heterocycles. The number of hydrogen-bond donors (Lipinski definition) is 0. The maximum Gasteiger partial charge on any atom is 0.307 e. The minimum atomic E-state index is -0.326. The zero-order chi connectivity index (χ0) is 18.5. The Kier molecular flexibility index (Phi) is 10.2. The highest BCUT2D eigenvalue weighted by Crippen LogP contribution is 2.08. The largest absolute Gasteiger partial charge is 0.466 e. The predicted molar refractivity (Wildman–Crippen MR) is 94.3 cm³/mol. The summed E-state index contributed by atoms with van der Waals surface area (Å²) in [5.74, 6) is -0.520. The maximum absolute atomic E-state index is 12.4. The van der Waals surface area contributed by atoms with Gasteiger partial charge in [-0.25, -0.2) is 0 Å². The highest BCUT2D eigenvalue weighted by molar-refractivity contribution is 5.97. The predicted octanol–water partition coefficient (Wildman–Crippen LogP) is 2.47. The fraction of sp³-hybridized carbons (Fsp3) is 0.526. The van der Waals surface area contributed by atoms with Gasteiger partial charge in [0.05, 0.1) is 13.0 Å². The molecule has 0 fully saturated rings. The van der Waals surface area contributed by atoms with Crippen molar-refractivity contribution in [3.05, 3.63) is 35.9 Å². The average molecular weight is 349 g/mol. The number of carbonyl (C=O) groups is 3. The maximum atomic E-state index is 12.4. The Morgan fingerprint density at radius 2 is 1.72 bits per heavy atom. The number of carbonyl (C=O) groups excluding carboxylic acids is 3. The van der Waals surface area contributed by atoms with E-state index in [2.05, 4.69) is 0 Å². The summed E-state index contributed by atoms with van der Waals surface area (Å²) in [5.41, 5.74) is 0.604. The van der Waals surface area contributed by atoms with E-state index in [0.717, 1.165) is 0 Å². The third kappa shape index (κ3) is 8.44. The molecule has 138 valence electrons. The van der Waals surface area contributed by atoms with Crippen molar-refractivity contribution in [3.63, 3.8) is 0 Å². The molecular formula is C19H27NO5. The number of nitrogens with zero attached hydrogens (tertiary/aromatic N) is 1. The Morgan fingerprint density at radius 1 is 1.00 bits per heavy atom. The first-order valence-corrected chi connectivity index (χ1v) is 8.59. The van der Waals surface area contributed by atoms with Crippen LogP contribution < -0.4 is 0 Å². The lowest BCUT2D eigenvalue weighted by molar-refractivity contribution is -0.144. The fourth-order valence-corrected chi connectivity index (χ4v) is 2.37. The van der Waals surface area contributed by atoms with Crippen molar-refractivity contribution < 1.29 is 23.9 Å². The van der Waals surface area contributed by atoms with Crippen molar-refractivity contribution in [2.45, 2.75) is 32.6 Å². The first kappa shape index (κ1) is 20.8. The van der Waals surface area contributed by atoms with E-state index in [-0.39, 0.29) is 36.9 Å². The summed E-state index contributed by atoms with van der Waals surface area (Å²) in [4.78, 5) is 37.7. The molecule has 1 aromatic carbocycles. The van der Waals surface area contributed by atoms with E-state index in [4.69, 9.17) is 9.47 Å². The Bertz CT molecular complexity index is 544. The van der Waals surface area contributed by atoms with Crippen LogP contribution in [-0.4, -0.2) is 56.0 Å². The van der Waals surface area contributed by atoms with Crippen molar-refractivity contribution >= 4 is 17.7 Å². The number of benzene rings is 1. The minimum absolute atomic E-state index is 0.0591. The number of Topliss-reactive ketones (excluding diaryl/α,β-unsaturated/α-hetero) is 1. The van der Waals surface area contributed by atoms with Crippen LogP contribution in [0.2, 0.25) is 0 Å². The molecule has 0 saturated heterocycles. The SMILES string of the molecule is CCOC(=O)CCN(CCCOC)C(=O)CCC(=O)c1ccccc1. The standard InChI is InChI=1S/C19H27NO5/c1-3-25-19(23)12-14-20(13-7-15-24-2)18(22)11-10-17(21)16-8-5-4-6-9-16/h4-6,8-9H,3,7,10-15H2,1-2H3. The van der Waals surface area contributed by atoms with Crippen LogP contribution in [0.1, 0.15) is 43.0 Å². The molecule has 1 rings (SSSR count). The molecule has 6 nitrogen and oxygen atoms in total. The number of ketones is 1. The van der Waals surface area contributed by atoms with E-state index in [9.17, 15) is 14.4 Å². The van der Waals surface area contributed by atoms with Crippen LogP contribution >= 0.6 is 0 Å². The summed E-state index contributed by atoms with van der Waals surface area (Å²) in [6.45, 7) is 3.38. The average Bonchev–Trinajstić information content (AvgIpc) is 2.63. The molecule has 1 aromatic rings. The molecule has 0 heterocycles. The van der Waals surface area contributed by atoms with E-state index in [1.807, 2.05) is 6.07 Å². The van der Waals surface area contributed by atoms with Gasteiger partial charge in [0.1, 0.15) is 0 Å². The summed E-state index contributed by atoms with van der Waals surface area (Å²) in [6.07, 6.45) is 1.11. The summed E-state index contributed by atoms with van der Waals surface area (Å²) in [7, 11) is 1.60. The second-order valence-electron chi connectivity index (χ2n) is 5.57. The van der Waals surface area contributed by atoms with Crippen molar-refractivity contribution in [2.24, 2.45) is 0 Å². The van der Waals surface area contributed by atoms with E-state index in [1.165, 1.54) is 0 Å². The highest BCUT2D eigenvalue weighted by Gasteiger charge is 2.17. The van der Waals surface area contributed by atoms with Crippen LogP contribution in [0, 0.1) is 0 Å². The van der Waals surface area contributed by atoms with E-state index in [1.54, 1.807) is 43.2 Å². The molecular weight excluding hydrogens is 322 g/mol. The molecule has 0 saturated carbocycles. The number of amides is 1. The van der Waals surface area contributed by atoms with Gasteiger partial charge in [0, 0.05) is 45.2 Å². The number of esters is 1. The summed E-state index contributed by atoms with van der Waals surface area (Å²) in [6, 6.07) is 8.92. The second-order valence-corrected chi connectivity index (χ2v) is 5.57. The molecule has 0 aliphatic heterocycles. The third-order valence-corrected chi connectivity index (χ3v) is 3.68. The lowest BCUT2D eigenvalue weighted by Gasteiger charge is -2.22. The van der Waals surface area contributed by atoms with E-state index < -0.39 is 0 Å². The molecule has 0 spiro atoms. The van der Waals surface area contributed by atoms with Gasteiger partial charge in [-0.2, -0.15) is 0 Å². The van der Waals surface area contributed by atoms with Gasteiger partial charge < -0.3 is 14.4 Å². The minimum Gasteiger partial charge on any atom is -0.466 e. The van der Waals surface area contributed by atoms with Crippen LogP contribution in [0.5, 0.6) is 0 Å². The Balaban J connectivity index is 2.52. The molecule has 0 atom stereocenters. The van der Waals surface area contributed by atoms with Crippen LogP contribution in [0.25, 0.3) is 0 Å². The molecule has 0 unspecified atom stereocenters. The lowest BCUT2D eigenvalue weighted by Crippen LogP contribution is -2.34. The van der Waals surface area contributed by atoms with Gasteiger partial charge in [-0.05, 0) is 13.3 Å². The smallest absolute Gasteiger partial charge is 0.307 e. The Labute approximate surface area is 149 Å². The second kappa shape index (κ2) is 12.2. The summed E-state index contributed by atoms with van der Waals surface area (Å²) in [5, 5.41) is 0. The van der Waals surface area contributed by atoms with Gasteiger partial charge in [0.15, 0.2) is 5.78 Å². The van der Waals surface area contributed by atoms with E-state index in [0.29, 0.717) is 38.3 Å². The number of rotatable bonds is 12. The number of hydrogen-bond acceptors (Lipinski definition) is 5. The monoisotopic (exact) mass is 349 g/mol. The normalized spacial score (nSPS) is 10.3. The lowest BCUT2D eigenvalue weighted by atomic mass is 10.1. The van der Waals surface area contributed by atoms with Crippen LogP contribution in [0.15, 0.2) is 30.3 Å². The number of methoxy groups -OCH3 is 1. The van der Waals surface area contributed by atoms with Gasteiger partial charge in [-0.3, -0.25) is 14.4 Å². The molecule has 1 amide bonds. The van der Waals surface area contributed by atoms with Crippen molar-refractivity contribution in [3.8, 4) is 0 Å². The van der Waals surface area contributed by atoms with Crippen LogP contribution in [-0.2, 0) is 19.1 Å². The molecule has 6 heteroatoms. The van der Waals surface area contributed by atoms with Crippen LogP contribution in [0.3, 0.4) is 0 Å². The van der Waals surface area contributed by atoms with Gasteiger partial charge in [0.25, 0.3) is 0 Å². The topological polar surface area (TPSA) is 72.9 Å². The fourth-order valence-electron chi connectivity index (χ4n) is 2.37. The molecule has 0 aliphatic carbocycles. The zero-order valence-corrected chi connectivity index (χ0v) is 15.0. The van der Waals surface area contributed by atoms with Gasteiger partial charge in [-0.15, -0.1) is 0 Å². The zero-order valence-electron chi connectivity index (χ0n) is 15.0. The van der Waals surface area contributed by atoms with Crippen LogP contribution in [0.4, 0.5) is 0 Å². The Hall–Kier alpha value is -2.21. The van der Waals surface area contributed by atoms with Gasteiger partial charge >= 0.3 is 5.97 Å². The van der Waals surface area contributed by atoms with Gasteiger partial charge in [0.2, 0.25) is 5.91 Å². The highest BCUT2D eigenvalue weighted by atomic mass is 16.5. The first-order valence-electron chi connectivity index (χ1n) is 8.59. The quantitative estimate of drug-likeness (QED) is 0.329.